The van der Waals surface area contributed by atoms with E-state index in [9.17, 15) is 14.4 Å². The summed E-state index contributed by atoms with van der Waals surface area (Å²) in [6.07, 6.45) is 3.93. The zero-order chi connectivity index (χ0) is 73.6. The van der Waals surface area contributed by atoms with Crippen LogP contribution in [-0.4, -0.2) is 66.9 Å². The molecule has 1 aliphatic rings. The number of nitrogens with one attached hydrogen (secondary N) is 3. The van der Waals surface area contributed by atoms with E-state index in [4.69, 9.17) is 31.4 Å². The molecule has 0 spiro atoms. The first-order valence-corrected chi connectivity index (χ1v) is 36.0. The van der Waals surface area contributed by atoms with Gasteiger partial charge in [0.15, 0.2) is 0 Å². The van der Waals surface area contributed by atoms with Crippen molar-refractivity contribution in [2.24, 2.45) is 29.0 Å². The van der Waals surface area contributed by atoms with Crippen molar-refractivity contribution in [1.82, 2.24) is 29.3 Å². The quantitative estimate of drug-likeness (QED) is 0.0251. The fourth-order valence-electron chi connectivity index (χ4n) is 12.1. The molecule has 538 valence electrons. The van der Waals surface area contributed by atoms with Crippen LogP contribution in [0, 0.1) is 32.6 Å². The van der Waals surface area contributed by atoms with E-state index in [0.717, 1.165) is 104 Å². The average Bonchev–Trinajstić information content (AvgIpc) is 1.73. The fraction of sp³-hybridized carbons (Fsp3) is 0.241. The lowest BCUT2D eigenvalue weighted by atomic mass is 10.0. The van der Waals surface area contributed by atoms with Gasteiger partial charge in [-0.15, -0.1) is 0 Å². The van der Waals surface area contributed by atoms with E-state index < -0.39 is 0 Å². The number of nitrogens with two attached hydrogens (primary N) is 3. The average molecular weight is 1400 g/mol. The molecular formula is C87H94N12O6. The lowest BCUT2D eigenvalue weighted by Crippen LogP contribution is -2.17. The van der Waals surface area contributed by atoms with Gasteiger partial charge in [0.05, 0.1) is 47.4 Å². The minimum atomic E-state index is -0.236. The number of ether oxygens (including phenoxy) is 3. The van der Waals surface area contributed by atoms with Crippen LogP contribution in [0.1, 0.15) is 163 Å². The normalized spacial score (nSPS) is 12.6. The number of carbonyl (C=O) groups excluding carboxylic acids is 3. The van der Waals surface area contributed by atoms with Gasteiger partial charge in [-0.25, -0.2) is 14.0 Å². The van der Waals surface area contributed by atoms with Crippen LogP contribution in [0.4, 0.5) is 17.1 Å². The molecule has 105 heavy (non-hydrogen) atoms. The summed E-state index contributed by atoms with van der Waals surface area (Å²) in [5.74, 6) is 0.371. The molecule has 0 bridgehead atoms. The maximum Gasteiger partial charge on any atom is 0.274 e. The van der Waals surface area contributed by atoms with E-state index in [1.807, 2.05) is 221 Å². The van der Waals surface area contributed by atoms with Crippen molar-refractivity contribution in [2.75, 3.05) is 35.8 Å². The number of rotatable bonds is 28. The smallest absolute Gasteiger partial charge is 0.274 e. The molecule has 1 aliphatic carbocycles. The van der Waals surface area contributed by atoms with E-state index in [0.29, 0.717) is 78.8 Å². The second kappa shape index (κ2) is 36.8. The number of aromatic nitrogens is 6. The summed E-state index contributed by atoms with van der Waals surface area (Å²) in [5, 5.41) is 22.8. The Morgan fingerprint density at radius 2 is 0.733 bits per heavy atom. The third-order valence-corrected chi connectivity index (χ3v) is 17.6. The van der Waals surface area contributed by atoms with Crippen LogP contribution in [0.25, 0.3) is 17.1 Å². The number of nitrogens with zero attached hydrogens (tertiary/aromatic N) is 6. The first-order valence-electron chi connectivity index (χ1n) is 36.0. The Kier molecular flexibility index (Phi) is 26.3. The molecule has 0 radical (unpaired) electrons. The van der Waals surface area contributed by atoms with Crippen LogP contribution in [0.5, 0.6) is 0 Å². The number of anilines is 3. The first kappa shape index (κ1) is 75.0. The lowest BCUT2D eigenvalue weighted by molar-refractivity contribution is 0.0602. The molecule has 0 aliphatic heterocycles. The molecule has 3 heterocycles. The van der Waals surface area contributed by atoms with Gasteiger partial charge in [-0.05, 0) is 193 Å². The minimum Gasteiger partial charge on any atom is -0.369 e. The van der Waals surface area contributed by atoms with Gasteiger partial charge >= 0.3 is 0 Å². The monoisotopic (exact) mass is 1400 g/mol. The Balaban J connectivity index is 0.000000157. The Labute approximate surface area is 615 Å². The molecule has 18 heteroatoms. The van der Waals surface area contributed by atoms with Crippen LogP contribution in [-0.2, 0) is 33.8 Å². The molecule has 3 unspecified atom stereocenters. The highest BCUT2D eigenvalue weighted by Crippen LogP contribution is 2.36. The van der Waals surface area contributed by atoms with Gasteiger partial charge in [-0.2, -0.15) is 15.3 Å². The van der Waals surface area contributed by atoms with Gasteiger partial charge in [-0.3, -0.25) is 14.4 Å². The molecule has 13 rings (SSSR count). The topological polar surface area (TPSA) is 247 Å². The highest BCUT2D eigenvalue weighted by Gasteiger charge is 2.26. The van der Waals surface area contributed by atoms with Gasteiger partial charge < -0.3 is 47.4 Å². The van der Waals surface area contributed by atoms with E-state index in [2.05, 4.69) is 88.4 Å². The maximum atomic E-state index is 13.3. The van der Waals surface area contributed by atoms with E-state index in [1.54, 1.807) is 32.2 Å². The summed E-state index contributed by atoms with van der Waals surface area (Å²) in [7, 11) is 0. The molecular weight excluding hydrogens is 1310 g/mol. The Bertz CT molecular complexity index is 4620. The van der Waals surface area contributed by atoms with Gasteiger partial charge in [0.1, 0.15) is 35.4 Å². The van der Waals surface area contributed by atoms with Crippen molar-refractivity contribution in [3.8, 4) is 17.1 Å². The van der Waals surface area contributed by atoms with Gasteiger partial charge in [0.25, 0.3) is 17.7 Å². The van der Waals surface area contributed by atoms with Crippen molar-refractivity contribution in [3.63, 3.8) is 0 Å². The molecule has 9 N–H and O–H groups in total. The second-order valence-electron chi connectivity index (χ2n) is 26.7. The molecule has 1 saturated carbocycles. The van der Waals surface area contributed by atoms with E-state index in [-0.39, 0.29) is 36.0 Å². The van der Waals surface area contributed by atoms with Crippen LogP contribution in [0.2, 0.25) is 0 Å². The number of amides is 3. The standard InChI is InChI=1S/C29H30N4O2.2C29H32N4O2/c1-20-15-27(33(32-20)26-12-5-7-22(16-26)18-30)29(34)31-25-11-6-10-24(17-25)28(35-19-21-13-14-21)23-8-3-2-4-9-23;1-20(2)19-35-28(23-10-5-4-6-11-23)24-12-8-13-25(17-24)31-29(34)27-15-21(3)32-33(27)26-14-7-9-22(16-26)18-30;1-3-4-16-35-28(23-11-6-5-7-12-23)24-13-9-14-25(19-24)31-29(34)27-17-21(2)32-33(27)26-15-8-10-22(18-26)20-30/h2-12,15-17,21,28H,13-14,18-19,30H2,1H3,(H,31,34);4-17,20,28H,18-19,30H2,1-3H3,(H,31,34);5-15,17-19,28H,3-4,16,20,30H2,1-2H3,(H,31,34). The van der Waals surface area contributed by atoms with Crippen molar-refractivity contribution in [3.05, 3.63) is 339 Å². The molecule has 18 nitrogen and oxygen atoms in total. The van der Waals surface area contributed by atoms with Crippen LogP contribution >= 0.6 is 0 Å². The molecule has 3 atom stereocenters. The van der Waals surface area contributed by atoms with E-state index >= 15 is 0 Å². The summed E-state index contributed by atoms with van der Waals surface area (Å²) < 4.78 is 23.9. The molecule has 12 aromatic rings. The first-order chi connectivity index (χ1) is 51.1. The highest BCUT2D eigenvalue weighted by atomic mass is 16.5. The predicted molar refractivity (Wildman–Crippen MR) is 417 cm³/mol. The minimum absolute atomic E-state index is 0.180. The Hall–Kier alpha value is -11.2. The van der Waals surface area contributed by atoms with Gasteiger partial charge in [0.2, 0.25) is 0 Å². The number of carbonyl (C=O) groups is 3. The number of hydrogen-bond acceptors (Lipinski definition) is 12. The van der Waals surface area contributed by atoms with E-state index in [1.165, 1.54) is 12.8 Å². The van der Waals surface area contributed by atoms with Gasteiger partial charge in [-0.1, -0.05) is 191 Å². The molecule has 1 fully saturated rings. The number of hydrogen-bond donors (Lipinski definition) is 6. The number of unbranched alkanes of at least 4 members (excludes halogenated alkanes) is 1. The molecule has 3 amide bonds. The van der Waals surface area contributed by atoms with Crippen molar-refractivity contribution in [1.29, 1.82) is 0 Å². The van der Waals surface area contributed by atoms with Crippen molar-refractivity contribution < 1.29 is 28.6 Å². The van der Waals surface area contributed by atoms with Crippen molar-refractivity contribution in [2.45, 2.75) is 105 Å². The fourth-order valence-corrected chi connectivity index (χ4v) is 12.1. The molecule has 9 aromatic carbocycles. The predicted octanol–water partition coefficient (Wildman–Crippen LogP) is 16.9. The maximum absolute atomic E-state index is 13.3. The van der Waals surface area contributed by atoms with Crippen LogP contribution in [0.15, 0.2) is 255 Å². The zero-order valence-electron chi connectivity index (χ0n) is 60.6. The lowest BCUT2D eigenvalue weighted by Gasteiger charge is -2.21. The number of aryl methyl sites for hydroxylation is 3. The molecule has 3 aromatic heterocycles. The SMILES string of the molecule is CCCCOC(c1ccccc1)c1cccc(NC(=O)c2cc(C)nn2-c2cccc(CN)c2)c1.Cc1cc(C(=O)Nc2cccc(C(OCC(C)C)c3ccccc3)c2)n(-c2cccc(CN)c2)n1.Cc1cc(C(=O)Nc2cccc(C(OCC3CC3)c3ccccc3)c2)n(-c2cccc(CN)c2)n1. The van der Waals surface area contributed by atoms with Crippen LogP contribution in [0.3, 0.4) is 0 Å². The Morgan fingerprint density at radius 3 is 1.06 bits per heavy atom. The third kappa shape index (κ3) is 20.6. The number of benzene rings is 9. The summed E-state index contributed by atoms with van der Waals surface area (Å²) >= 11 is 0. The highest BCUT2D eigenvalue weighted by molar-refractivity contribution is 6.05. The third-order valence-electron chi connectivity index (χ3n) is 17.6. The zero-order valence-corrected chi connectivity index (χ0v) is 60.6. The van der Waals surface area contributed by atoms with Crippen LogP contribution < -0.4 is 33.2 Å². The second-order valence-corrected chi connectivity index (χ2v) is 26.7. The largest absolute Gasteiger partial charge is 0.369 e. The van der Waals surface area contributed by atoms with Crippen molar-refractivity contribution >= 4 is 34.8 Å². The van der Waals surface area contributed by atoms with Gasteiger partial charge in [0, 0.05) is 43.3 Å². The summed E-state index contributed by atoms with van der Waals surface area (Å²) in [6.45, 7) is 15.4. The Morgan fingerprint density at radius 1 is 0.410 bits per heavy atom. The summed E-state index contributed by atoms with van der Waals surface area (Å²) in [4.78, 5) is 39.9. The summed E-state index contributed by atoms with van der Waals surface area (Å²) in [6, 6.07) is 82.7. The summed E-state index contributed by atoms with van der Waals surface area (Å²) in [5.41, 5.74) is 34.8. The molecule has 0 saturated heterocycles.